The van der Waals surface area contributed by atoms with Gasteiger partial charge in [-0.15, -0.1) is 11.3 Å². The summed E-state index contributed by atoms with van der Waals surface area (Å²) in [5.74, 6) is 0.0587. The summed E-state index contributed by atoms with van der Waals surface area (Å²) in [4.78, 5) is 37.1. The summed E-state index contributed by atoms with van der Waals surface area (Å²) in [5.41, 5.74) is 3.60. The highest BCUT2D eigenvalue weighted by Crippen LogP contribution is 2.40. The van der Waals surface area contributed by atoms with E-state index in [0.717, 1.165) is 35.3 Å². The van der Waals surface area contributed by atoms with Gasteiger partial charge < -0.3 is 25.0 Å². The quantitative estimate of drug-likeness (QED) is 0.139. The minimum atomic E-state index is -0.823. The Bertz CT molecular complexity index is 1500. The molecule has 1 aromatic carbocycles. The van der Waals surface area contributed by atoms with Crippen molar-refractivity contribution in [1.29, 1.82) is 0 Å². The summed E-state index contributed by atoms with van der Waals surface area (Å²) in [7, 11) is -0.823. The number of hydrogen-bond acceptors (Lipinski definition) is 10. The molecule has 1 aliphatic carbocycles. The fraction of sp³-hybridized carbons (Fsp3) is 0.500. The molecule has 0 unspecified atom stereocenters. The highest BCUT2D eigenvalue weighted by molar-refractivity contribution is 7.14. The molecule has 3 N–H and O–H groups in total. The predicted molar refractivity (Wildman–Crippen MR) is 173 cm³/mol. The Morgan fingerprint density at radius 1 is 1.25 bits per heavy atom. The molecule has 5 atom stereocenters. The molecule has 0 amide bonds. The van der Waals surface area contributed by atoms with Crippen LogP contribution in [0.3, 0.4) is 0 Å². The van der Waals surface area contributed by atoms with Crippen LogP contribution in [0.1, 0.15) is 82.9 Å². The third-order valence-corrected chi connectivity index (χ3v) is 9.87. The number of carbonyl (C=O) groups is 2. The molecule has 1 fully saturated rings. The van der Waals surface area contributed by atoms with E-state index in [1.807, 2.05) is 45.0 Å². The number of benzene rings is 1. The van der Waals surface area contributed by atoms with E-state index in [-0.39, 0.29) is 41.8 Å². The van der Waals surface area contributed by atoms with Crippen LogP contribution < -0.4 is 10.5 Å². The number of fused-ring (bicyclic) bond motifs is 1. The second-order valence-electron chi connectivity index (χ2n) is 12.1. The lowest BCUT2D eigenvalue weighted by Crippen LogP contribution is -2.49. The van der Waals surface area contributed by atoms with E-state index in [1.54, 1.807) is 13.0 Å². The standard InChI is InChI=1S/C32H40BClN4O5S/c1-6-19-11-22(13-26(19)43-32(40)28(17(2)3)38-33(5)41)37-31-25(15-35-16-36-31)29(39)27-14-23(18(4)44-27)30-24-12-21(34)8-7-20(24)9-10-42-30/h7-8,12,14-17,19,22,26,28,30,38,41H,6,9-11,13H2,1-5H3,(H,35,36,37)/t19-,22+,26-,28-,30-/m0/s1. The van der Waals surface area contributed by atoms with E-state index in [2.05, 4.69) is 27.4 Å². The summed E-state index contributed by atoms with van der Waals surface area (Å²) in [5, 5.41) is 16.8. The van der Waals surface area contributed by atoms with Crippen LogP contribution in [-0.2, 0) is 20.7 Å². The van der Waals surface area contributed by atoms with E-state index in [4.69, 9.17) is 21.1 Å². The van der Waals surface area contributed by atoms with Crippen LogP contribution in [0.4, 0.5) is 5.82 Å². The molecule has 1 saturated carbocycles. The van der Waals surface area contributed by atoms with E-state index in [1.165, 1.54) is 23.2 Å². The van der Waals surface area contributed by atoms with Crippen LogP contribution in [0, 0.1) is 18.8 Å². The van der Waals surface area contributed by atoms with E-state index >= 15 is 0 Å². The first-order valence-electron chi connectivity index (χ1n) is 15.3. The Balaban J connectivity index is 1.32. The number of ether oxygens (including phenoxy) is 2. The van der Waals surface area contributed by atoms with Gasteiger partial charge >= 0.3 is 13.0 Å². The van der Waals surface area contributed by atoms with Crippen LogP contribution in [0.15, 0.2) is 36.8 Å². The minimum Gasteiger partial charge on any atom is -0.461 e. The van der Waals surface area contributed by atoms with Crippen LogP contribution >= 0.6 is 22.9 Å². The number of nitrogens with zero attached hydrogens (tertiary/aromatic N) is 2. The largest absolute Gasteiger partial charge is 0.461 e. The van der Waals surface area contributed by atoms with Gasteiger partial charge in [0.1, 0.15) is 30.4 Å². The second kappa shape index (κ2) is 14.1. The van der Waals surface area contributed by atoms with Gasteiger partial charge in [0.2, 0.25) is 5.78 Å². The van der Waals surface area contributed by atoms with Gasteiger partial charge in [0.05, 0.1) is 17.0 Å². The Morgan fingerprint density at radius 3 is 2.77 bits per heavy atom. The molecule has 12 heteroatoms. The third-order valence-electron chi connectivity index (χ3n) is 8.57. The third kappa shape index (κ3) is 7.18. The fourth-order valence-corrected chi connectivity index (χ4v) is 7.45. The Hall–Kier alpha value is -2.83. The van der Waals surface area contributed by atoms with Crippen molar-refractivity contribution in [2.75, 3.05) is 11.9 Å². The second-order valence-corrected chi connectivity index (χ2v) is 13.8. The van der Waals surface area contributed by atoms with Gasteiger partial charge in [-0.1, -0.05) is 38.4 Å². The van der Waals surface area contributed by atoms with Gasteiger partial charge in [-0.3, -0.25) is 9.59 Å². The first kappa shape index (κ1) is 32.6. The lowest BCUT2D eigenvalue weighted by molar-refractivity contribution is -0.154. The zero-order chi connectivity index (χ0) is 31.5. The number of esters is 1. The highest BCUT2D eigenvalue weighted by atomic mass is 35.5. The number of carbonyl (C=O) groups excluding carboxylic acids is 2. The monoisotopic (exact) mass is 638 g/mol. The summed E-state index contributed by atoms with van der Waals surface area (Å²) in [6.07, 6.45) is 5.45. The lowest BCUT2D eigenvalue weighted by atomic mass is 9.85. The molecule has 3 heterocycles. The summed E-state index contributed by atoms with van der Waals surface area (Å²) >= 11 is 7.76. The molecule has 2 aromatic heterocycles. The number of ketones is 1. The zero-order valence-corrected chi connectivity index (χ0v) is 27.4. The average Bonchev–Trinajstić information content (AvgIpc) is 3.57. The van der Waals surface area contributed by atoms with Crippen molar-refractivity contribution in [3.8, 4) is 0 Å². The van der Waals surface area contributed by atoms with Gasteiger partial charge in [-0.2, -0.15) is 0 Å². The van der Waals surface area contributed by atoms with E-state index in [0.29, 0.717) is 34.3 Å². The topological polar surface area (TPSA) is 123 Å². The first-order chi connectivity index (χ1) is 21.0. The SMILES string of the molecule is CC[C@H]1C[C@@H](Nc2ncncc2C(=O)c2cc([C@@H]3OCCc4ccc(Cl)cc43)c(C)s2)C[C@@H]1OC(=O)[C@@H](NB(C)O)C(C)C. The molecule has 0 saturated heterocycles. The number of aromatic nitrogens is 2. The lowest BCUT2D eigenvalue weighted by Gasteiger charge is -2.26. The molecule has 5 rings (SSSR count). The van der Waals surface area contributed by atoms with Gasteiger partial charge in [0, 0.05) is 28.6 Å². The molecule has 3 aromatic rings. The minimum absolute atomic E-state index is 0.0410. The molecule has 44 heavy (non-hydrogen) atoms. The molecular weight excluding hydrogens is 599 g/mol. The Morgan fingerprint density at radius 2 is 2.05 bits per heavy atom. The summed E-state index contributed by atoms with van der Waals surface area (Å²) in [6.45, 7) is 10.1. The maximum atomic E-state index is 13.9. The Labute approximate surface area is 268 Å². The molecular formula is C32H40BClN4O5S. The van der Waals surface area contributed by atoms with Crippen LogP contribution in [0.5, 0.6) is 0 Å². The Kier molecular flexibility index (Phi) is 10.4. The molecule has 234 valence electrons. The fourth-order valence-electron chi connectivity index (χ4n) is 6.27. The maximum Gasteiger partial charge on any atom is 0.374 e. The van der Waals surface area contributed by atoms with Crippen molar-refractivity contribution in [2.24, 2.45) is 11.8 Å². The number of nitrogens with one attached hydrogen (secondary N) is 2. The number of hydrogen-bond donors (Lipinski definition) is 3. The van der Waals surface area contributed by atoms with E-state index < -0.39 is 13.1 Å². The molecule has 9 nitrogen and oxygen atoms in total. The summed E-state index contributed by atoms with van der Waals surface area (Å²) in [6, 6.07) is 7.18. The number of halogens is 1. The van der Waals surface area contributed by atoms with E-state index in [9.17, 15) is 14.6 Å². The van der Waals surface area contributed by atoms with Crippen molar-refractivity contribution in [3.05, 3.63) is 73.8 Å². The number of anilines is 1. The van der Waals surface area contributed by atoms with Gasteiger partial charge in [0.25, 0.3) is 0 Å². The van der Waals surface area contributed by atoms with Crippen molar-refractivity contribution < 1.29 is 24.1 Å². The van der Waals surface area contributed by atoms with Crippen LogP contribution in [0.25, 0.3) is 0 Å². The van der Waals surface area contributed by atoms with Gasteiger partial charge in [-0.05, 0) is 79.7 Å². The molecule has 0 radical (unpaired) electrons. The molecule has 2 aliphatic rings. The highest BCUT2D eigenvalue weighted by Gasteiger charge is 2.38. The van der Waals surface area contributed by atoms with Crippen LogP contribution in [-0.4, -0.2) is 58.6 Å². The van der Waals surface area contributed by atoms with Crippen molar-refractivity contribution >= 4 is 47.6 Å². The maximum absolute atomic E-state index is 13.9. The molecule has 0 bridgehead atoms. The average molecular weight is 639 g/mol. The van der Waals surface area contributed by atoms with Crippen molar-refractivity contribution in [1.82, 2.24) is 15.2 Å². The first-order valence-corrected chi connectivity index (χ1v) is 16.5. The van der Waals surface area contributed by atoms with Gasteiger partial charge in [-0.25, -0.2) is 9.97 Å². The zero-order valence-electron chi connectivity index (χ0n) is 25.8. The van der Waals surface area contributed by atoms with Crippen molar-refractivity contribution in [3.63, 3.8) is 0 Å². The number of aryl methyl sites for hydroxylation is 1. The molecule has 0 spiro atoms. The van der Waals surface area contributed by atoms with Gasteiger partial charge in [0.15, 0.2) is 0 Å². The normalized spacial score (nSPS) is 22.0. The summed E-state index contributed by atoms with van der Waals surface area (Å²) < 4.78 is 12.2. The number of thiophene rings is 1. The molecule has 1 aliphatic heterocycles. The van der Waals surface area contributed by atoms with Crippen molar-refractivity contribution in [2.45, 2.75) is 84.5 Å². The number of rotatable bonds is 11. The van der Waals surface area contributed by atoms with Crippen LogP contribution in [0.2, 0.25) is 11.8 Å². The predicted octanol–water partition coefficient (Wildman–Crippen LogP) is 5.63. The smallest absolute Gasteiger partial charge is 0.374 e.